The Hall–Kier alpha value is 0.825. The Balaban J connectivity index is -0.00000000381. The second kappa shape index (κ2) is 29.7. The van der Waals surface area contributed by atoms with Crippen molar-refractivity contribution in [2.24, 2.45) is 0 Å². The molecule has 0 heterocycles. The van der Waals surface area contributed by atoms with Gasteiger partial charge in [0.1, 0.15) is 0 Å². The molecule has 0 rings (SSSR count). The monoisotopic (exact) mass is 409 g/mol. The van der Waals surface area contributed by atoms with Crippen LogP contribution in [0.1, 0.15) is 0 Å². The molecule has 0 aliphatic rings. The van der Waals surface area contributed by atoms with Crippen LogP contribution in [0.4, 0.5) is 0 Å². The number of hydrogen-bond acceptors (Lipinski definition) is 4. The van der Waals surface area contributed by atoms with Gasteiger partial charge in [0, 0.05) is 0 Å². The zero-order chi connectivity index (χ0) is 4.50. The molecule has 81 valence electrons. The van der Waals surface area contributed by atoms with Gasteiger partial charge >= 0.3 is 27.7 Å². The Bertz CT molecular complexity index is 25.3. The predicted octanol–water partition coefficient (Wildman–Crippen LogP) is -9.71. The van der Waals surface area contributed by atoms with E-state index in [-0.39, 0.29) is 60.5 Å². The zero-order valence-electron chi connectivity index (χ0n) is 5.72. The molecule has 12 heteroatoms. The van der Waals surface area contributed by atoms with E-state index in [1.165, 1.54) is 0 Å². The van der Waals surface area contributed by atoms with Gasteiger partial charge in [-0.3, -0.25) is 0 Å². The van der Waals surface area contributed by atoms with Crippen LogP contribution in [-0.2, 0) is 27.7 Å². The van der Waals surface area contributed by atoms with E-state index in [1.807, 2.05) is 0 Å². The van der Waals surface area contributed by atoms with Crippen LogP contribution >= 0.6 is 0 Å². The summed E-state index contributed by atoms with van der Waals surface area (Å²) in [6.07, 6.45) is 0. The molecule has 0 saturated carbocycles. The first kappa shape index (κ1) is 77.0. The van der Waals surface area contributed by atoms with Crippen molar-refractivity contribution in [2.45, 2.75) is 0 Å². The van der Waals surface area contributed by atoms with Crippen molar-refractivity contribution < 1.29 is 89.4 Å². The van der Waals surface area contributed by atoms with Crippen molar-refractivity contribution in [3.8, 4) is 0 Å². The Kier molecular flexibility index (Phi) is 191. The molecule has 0 aliphatic carbocycles. The van der Waals surface area contributed by atoms with Gasteiger partial charge in [0.25, 0.3) is 0 Å². The minimum atomic E-state index is -4.94. The van der Waals surface area contributed by atoms with Crippen LogP contribution in [0.3, 0.4) is 0 Å². The summed E-state index contributed by atoms with van der Waals surface area (Å²) in [5, 5.41) is 0. The third-order valence-electron chi connectivity index (χ3n) is 0. The SMILES string of the molecule is O.O.O.O.O.O.[Hg+].[O-][Cl+3]([O-])([O-])[O-]. The van der Waals surface area contributed by atoms with Gasteiger partial charge in [-0.25, -0.2) is 18.6 Å². The van der Waals surface area contributed by atoms with Gasteiger partial charge in [0.15, 0.2) is 0 Å². The third-order valence-corrected chi connectivity index (χ3v) is 0. The molecule has 0 aromatic rings. The van der Waals surface area contributed by atoms with Crippen molar-refractivity contribution in [3.63, 3.8) is 0 Å². The maximum Gasteiger partial charge on any atom is 1.00 e. The van der Waals surface area contributed by atoms with Crippen LogP contribution in [0.25, 0.3) is 0 Å². The molecule has 0 fully saturated rings. The summed E-state index contributed by atoms with van der Waals surface area (Å²) in [6.45, 7) is 0. The molecule has 0 aliphatic heterocycles. The summed E-state index contributed by atoms with van der Waals surface area (Å²) >= 11 is 0. The first-order chi connectivity index (χ1) is 2.00. The molecular weight excluding hydrogens is 396 g/mol. The summed E-state index contributed by atoms with van der Waals surface area (Å²) in [5.74, 6) is 0. The van der Waals surface area contributed by atoms with Crippen LogP contribution in [-0.4, -0.2) is 32.9 Å². The van der Waals surface area contributed by atoms with E-state index < -0.39 is 10.2 Å². The normalized spacial score (nSPS) is 5.00. The molecule has 0 spiro atoms. The molecule has 10 nitrogen and oxygen atoms in total. The van der Waals surface area contributed by atoms with Crippen molar-refractivity contribution in [3.05, 3.63) is 0 Å². The van der Waals surface area contributed by atoms with E-state index in [2.05, 4.69) is 0 Å². The Morgan fingerprint density at radius 2 is 0.500 bits per heavy atom. The average Bonchev–Trinajstić information content (AvgIpc) is 0.722. The smallest absolute Gasteiger partial charge is 0.412 e. The van der Waals surface area contributed by atoms with E-state index in [9.17, 15) is 0 Å². The second-order valence-electron chi connectivity index (χ2n) is 0.378. The summed E-state index contributed by atoms with van der Waals surface area (Å²) < 4.78 is 34.0. The van der Waals surface area contributed by atoms with Gasteiger partial charge in [-0.05, 0) is 0 Å². The van der Waals surface area contributed by atoms with Crippen LogP contribution < -0.4 is 18.6 Å². The van der Waals surface area contributed by atoms with Gasteiger partial charge in [-0.15, -0.1) is 10.2 Å². The summed E-state index contributed by atoms with van der Waals surface area (Å²) in [7, 11) is -4.94. The Morgan fingerprint density at radius 3 is 0.500 bits per heavy atom. The first-order valence-corrected chi connectivity index (χ1v) is 1.85. The molecule has 12 N–H and O–H groups in total. The summed E-state index contributed by atoms with van der Waals surface area (Å²) in [6, 6.07) is 0. The number of hydrogen-bond donors (Lipinski definition) is 0. The summed E-state index contributed by atoms with van der Waals surface area (Å²) in [4.78, 5) is 0. The fraction of sp³-hybridized carbons (Fsp3) is 0. The van der Waals surface area contributed by atoms with E-state index in [0.717, 1.165) is 0 Å². The van der Waals surface area contributed by atoms with Crippen molar-refractivity contribution >= 4 is 0 Å². The largest absolute Gasteiger partial charge is 1.00 e. The van der Waals surface area contributed by atoms with E-state index in [0.29, 0.717) is 0 Å². The molecule has 0 amide bonds. The predicted molar refractivity (Wildman–Crippen MR) is 21.7 cm³/mol. The minimum Gasteiger partial charge on any atom is -0.412 e. The van der Waals surface area contributed by atoms with Crippen LogP contribution in [0, 0.1) is 10.2 Å². The maximum absolute atomic E-state index is 8.49. The molecule has 0 aromatic heterocycles. The number of rotatable bonds is 0. The van der Waals surface area contributed by atoms with Crippen LogP contribution in [0.15, 0.2) is 0 Å². The van der Waals surface area contributed by atoms with E-state index in [4.69, 9.17) is 18.6 Å². The molecule has 0 unspecified atom stereocenters. The van der Waals surface area contributed by atoms with E-state index >= 15 is 0 Å². The van der Waals surface area contributed by atoms with Gasteiger partial charge < -0.3 is 32.9 Å². The van der Waals surface area contributed by atoms with Crippen LogP contribution in [0.2, 0.25) is 0 Å². The topological polar surface area (TPSA) is 281 Å². The van der Waals surface area contributed by atoms with Crippen molar-refractivity contribution in [2.75, 3.05) is 0 Å². The molecule has 12 heavy (non-hydrogen) atoms. The Labute approximate surface area is 89.5 Å². The van der Waals surface area contributed by atoms with Gasteiger partial charge in [-0.2, -0.15) is 0 Å². The molecule has 1 radical (unpaired) electrons. The molecule has 0 atom stereocenters. The van der Waals surface area contributed by atoms with Crippen molar-refractivity contribution in [1.29, 1.82) is 0 Å². The Morgan fingerprint density at radius 1 is 0.500 bits per heavy atom. The first-order valence-electron chi connectivity index (χ1n) is 0.617. The van der Waals surface area contributed by atoms with Crippen LogP contribution in [0.5, 0.6) is 0 Å². The second-order valence-corrected chi connectivity index (χ2v) is 1.13. The fourth-order valence-electron chi connectivity index (χ4n) is 0. The average molecular weight is 408 g/mol. The van der Waals surface area contributed by atoms with Gasteiger partial charge in [0.2, 0.25) is 0 Å². The van der Waals surface area contributed by atoms with Gasteiger partial charge in [-0.1, -0.05) is 0 Å². The molecule has 0 saturated heterocycles. The van der Waals surface area contributed by atoms with E-state index in [1.54, 1.807) is 0 Å². The quantitative estimate of drug-likeness (QED) is 0.353. The molecular formula is H12ClHgO10. The third kappa shape index (κ3) is 1540. The standard InChI is InChI=1S/ClHO4.Hg.6H2O/c2-1(3,4)5;;;;;;;/h(H,2,3,4,5);;6*1H2/q;+1;;;;;;/p-1. The molecule has 0 bridgehead atoms. The number of halogens is 1. The minimum absolute atomic E-state index is 0. The zero-order valence-corrected chi connectivity index (χ0v) is 12.0. The van der Waals surface area contributed by atoms with Gasteiger partial charge in [0.05, 0.1) is 0 Å². The maximum atomic E-state index is 8.49. The fourth-order valence-corrected chi connectivity index (χ4v) is 0. The van der Waals surface area contributed by atoms with Crippen molar-refractivity contribution in [1.82, 2.24) is 0 Å². The summed E-state index contributed by atoms with van der Waals surface area (Å²) in [5.41, 5.74) is 0. The molecule has 0 aromatic carbocycles.